The van der Waals surface area contributed by atoms with E-state index in [1.165, 1.54) is 11.1 Å². The third-order valence-electron chi connectivity index (χ3n) is 6.19. The number of hydrogen-bond acceptors (Lipinski definition) is 2. The SMILES string of the molecule is CCNC(=NCC(c1ccccc1)C(C)C)NCC1CC(=O)N(CCc2ccccc2)C1. The Hall–Kier alpha value is -2.82. The van der Waals surface area contributed by atoms with E-state index < -0.39 is 0 Å². The Bertz CT molecular complexity index is 850. The average Bonchev–Trinajstić information content (AvgIpc) is 3.16. The lowest BCUT2D eigenvalue weighted by atomic mass is 9.88. The van der Waals surface area contributed by atoms with Gasteiger partial charge in [-0.1, -0.05) is 74.5 Å². The normalized spacial score (nSPS) is 17.6. The van der Waals surface area contributed by atoms with E-state index in [0.717, 1.165) is 45.1 Å². The molecule has 0 radical (unpaired) electrons. The molecule has 3 rings (SSSR count). The maximum atomic E-state index is 12.5. The Morgan fingerprint density at radius 3 is 2.41 bits per heavy atom. The second-order valence-corrected chi connectivity index (χ2v) is 9.01. The van der Waals surface area contributed by atoms with Gasteiger partial charge in [0, 0.05) is 51.0 Å². The van der Waals surface area contributed by atoms with Crippen LogP contribution in [0.3, 0.4) is 0 Å². The van der Waals surface area contributed by atoms with Crippen molar-refractivity contribution in [3.05, 3.63) is 71.8 Å². The van der Waals surface area contributed by atoms with Crippen molar-refractivity contribution in [3.8, 4) is 0 Å². The molecule has 0 saturated carbocycles. The highest BCUT2D eigenvalue weighted by Crippen LogP contribution is 2.24. The summed E-state index contributed by atoms with van der Waals surface area (Å²) in [5.41, 5.74) is 2.61. The first-order chi connectivity index (χ1) is 15.6. The molecule has 2 aromatic carbocycles. The Labute approximate surface area is 193 Å². The number of amides is 1. The lowest BCUT2D eigenvalue weighted by molar-refractivity contribution is -0.127. The van der Waals surface area contributed by atoms with Crippen molar-refractivity contribution in [3.63, 3.8) is 0 Å². The Balaban J connectivity index is 1.52. The van der Waals surface area contributed by atoms with E-state index in [-0.39, 0.29) is 5.91 Å². The van der Waals surface area contributed by atoms with E-state index in [9.17, 15) is 4.79 Å². The van der Waals surface area contributed by atoms with Gasteiger partial charge in [0.15, 0.2) is 5.96 Å². The molecule has 5 nitrogen and oxygen atoms in total. The summed E-state index contributed by atoms with van der Waals surface area (Å²) < 4.78 is 0. The number of nitrogens with zero attached hydrogens (tertiary/aromatic N) is 2. The van der Waals surface area contributed by atoms with Crippen LogP contribution in [-0.4, -0.2) is 49.5 Å². The maximum Gasteiger partial charge on any atom is 0.223 e. The molecule has 2 N–H and O–H groups in total. The number of guanidine groups is 1. The number of aliphatic imine (C=N–C) groups is 1. The number of hydrogen-bond donors (Lipinski definition) is 2. The zero-order chi connectivity index (χ0) is 22.8. The highest BCUT2D eigenvalue weighted by Gasteiger charge is 2.29. The van der Waals surface area contributed by atoms with Crippen molar-refractivity contribution in [2.75, 3.05) is 32.7 Å². The van der Waals surface area contributed by atoms with E-state index in [2.05, 4.69) is 86.0 Å². The first-order valence-corrected chi connectivity index (χ1v) is 12.0. The van der Waals surface area contributed by atoms with Crippen LogP contribution >= 0.6 is 0 Å². The van der Waals surface area contributed by atoms with E-state index in [1.54, 1.807) is 0 Å². The highest BCUT2D eigenvalue weighted by molar-refractivity contribution is 5.81. The summed E-state index contributed by atoms with van der Waals surface area (Å²) in [6.45, 7) is 10.5. The molecule has 0 bridgehead atoms. The predicted octanol–water partition coefficient (Wildman–Crippen LogP) is 4.07. The molecule has 0 spiro atoms. The van der Waals surface area contributed by atoms with Gasteiger partial charge < -0.3 is 15.5 Å². The molecule has 0 aliphatic carbocycles. The van der Waals surface area contributed by atoms with Crippen LogP contribution in [0.5, 0.6) is 0 Å². The minimum absolute atomic E-state index is 0.263. The molecule has 1 aliphatic rings. The van der Waals surface area contributed by atoms with Crippen LogP contribution in [0.25, 0.3) is 0 Å². The monoisotopic (exact) mass is 434 g/mol. The first kappa shape index (κ1) is 23.8. The van der Waals surface area contributed by atoms with Crippen LogP contribution in [0.2, 0.25) is 0 Å². The third kappa shape index (κ3) is 7.11. The molecule has 2 aromatic rings. The maximum absolute atomic E-state index is 12.5. The van der Waals surface area contributed by atoms with Crippen LogP contribution < -0.4 is 10.6 Å². The van der Waals surface area contributed by atoms with Crippen molar-refractivity contribution in [2.24, 2.45) is 16.8 Å². The summed E-state index contributed by atoms with van der Waals surface area (Å²) in [5.74, 6) is 2.31. The van der Waals surface area contributed by atoms with Crippen LogP contribution in [0.1, 0.15) is 44.2 Å². The molecule has 0 aromatic heterocycles. The largest absolute Gasteiger partial charge is 0.357 e. The van der Waals surface area contributed by atoms with Gasteiger partial charge in [0.1, 0.15) is 0 Å². The first-order valence-electron chi connectivity index (χ1n) is 12.0. The van der Waals surface area contributed by atoms with Crippen LogP contribution in [0, 0.1) is 11.8 Å². The molecule has 2 atom stereocenters. The fourth-order valence-corrected chi connectivity index (χ4v) is 4.29. The van der Waals surface area contributed by atoms with Crippen LogP contribution in [-0.2, 0) is 11.2 Å². The lowest BCUT2D eigenvalue weighted by Gasteiger charge is -2.21. The van der Waals surface area contributed by atoms with Gasteiger partial charge >= 0.3 is 0 Å². The third-order valence-corrected chi connectivity index (χ3v) is 6.19. The van der Waals surface area contributed by atoms with Crippen molar-refractivity contribution in [1.82, 2.24) is 15.5 Å². The number of carbonyl (C=O) groups excluding carboxylic acids is 1. The Morgan fingerprint density at radius 2 is 1.75 bits per heavy atom. The summed E-state index contributed by atoms with van der Waals surface area (Å²) in [6.07, 6.45) is 1.52. The molecule has 1 aliphatic heterocycles. The summed E-state index contributed by atoms with van der Waals surface area (Å²) in [6, 6.07) is 21.0. The molecule has 2 unspecified atom stereocenters. The second kappa shape index (κ2) is 12.3. The molecule has 32 heavy (non-hydrogen) atoms. The second-order valence-electron chi connectivity index (χ2n) is 9.01. The van der Waals surface area contributed by atoms with Crippen molar-refractivity contribution >= 4 is 11.9 Å². The molecular formula is C27H38N4O. The number of likely N-dealkylation sites (tertiary alicyclic amines) is 1. The van der Waals surface area contributed by atoms with Gasteiger partial charge in [0.05, 0.1) is 0 Å². The van der Waals surface area contributed by atoms with Gasteiger partial charge in [-0.2, -0.15) is 0 Å². The van der Waals surface area contributed by atoms with E-state index in [4.69, 9.17) is 4.99 Å². The summed E-state index contributed by atoms with van der Waals surface area (Å²) >= 11 is 0. The topological polar surface area (TPSA) is 56.7 Å². The number of carbonyl (C=O) groups is 1. The molecule has 5 heteroatoms. The fourth-order valence-electron chi connectivity index (χ4n) is 4.29. The molecule has 1 amide bonds. The average molecular weight is 435 g/mol. The summed E-state index contributed by atoms with van der Waals surface area (Å²) in [7, 11) is 0. The lowest BCUT2D eigenvalue weighted by Crippen LogP contribution is -2.40. The summed E-state index contributed by atoms with van der Waals surface area (Å²) in [5, 5.41) is 6.85. The molecule has 172 valence electrons. The van der Waals surface area contributed by atoms with Crippen LogP contribution in [0.4, 0.5) is 0 Å². The van der Waals surface area contributed by atoms with Gasteiger partial charge in [0.2, 0.25) is 5.91 Å². The number of benzene rings is 2. The van der Waals surface area contributed by atoms with Gasteiger partial charge in [-0.25, -0.2) is 0 Å². The highest BCUT2D eigenvalue weighted by atomic mass is 16.2. The van der Waals surface area contributed by atoms with Gasteiger partial charge in [-0.3, -0.25) is 9.79 Å². The zero-order valence-electron chi connectivity index (χ0n) is 19.8. The van der Waals surface area contributed by atoms with Gasteiger partial charge in [-0.15, -0.1) is 0 Å². The molecule has 1 fully saturated rings. The predicted molar refractivity (Wildman–Crippen MR) is 133 cm³/mol. The van der Waals surface area contributed by atoms with E-state index in [0.29, 0.717) is 24.2 Å². The van der Waals surface area contributed by atoms with Gasteiger partial charge in [-0.05, 0) is 30.4 Å². The van der Waals surface area contributed by atoms with Gasteiger partial charge in [0.25, 0.3) is 0 Å². The minimum atomic E-state index is 0.263. The van der Waals surface area contributed by atoms with E-state index in [1.807, 2.05) is 11.0 Å². The summed E-state index contributed by atoms with van der Waals surface area (Å²) in [4.78, 5) is 19.4. The minimum Gasteiger partial charge on any atom is -0.357 e. The number of nitrogens with one attached hydrogen (secondary N) is 2. The standard InChI is InChI=1S/C27H38N4O/c1-4-28-27(30-19-25(21(2)3)24-13-9-6-10-14-24)29-18-23-17-26(32)31(20-23)16-15-22-11-7-5-8-12-22/h5-14,21,23,25H,4,15-20H2,1-3H3,(H2,28,29,30). The van der Waals surface area contributed by atoms with Crippen molar-refractivity contribution in [1.29, 1.82) is 0 Å². The smallest absolute Gasteiger partial charge is 0.223 e. The Morgan fingerprint density at radius 1 is 1.06 bits per heavy atom. The quantitative estimate of drug-likeness (QED) is 0.438. The molecule has 1 saturated heterocycles. The van der Waals surface area contributed by atoms with Crippen molar-refractivity contribution < 1.29 is 4.79 Å². The molecular weight excluding hydrogens is 396 g/mol. The Kier molecular flexibility index (Phi) is 9.14. The molecule has 1 heterocycles. The van der Waals surface area contributed by atoms with Crippen LogP contribution in [0.15, 0.2) is 65.7 Å². The zero-order valence-corrected chi connectivity index (χ0v) is 19.8. The van der Waals surface area contributed by atoms with Crippen molar-refractivity contribution in [2.45, 2.75) is 39.5 Å². The van der Waals surface area contributed by atoms with E-state index >= 15 is 0 Å². The number of rotatable bonds is 10. The fraction of sp³-hybridized carbons (Fsp3) is 0.481.